The molecule has 5 heteroatoms. The van der Waals surface area contributed by atoms with Crippen molar-refractivity contribution in [2.24, 2.45) is 0 Å². The van der Waals surface area contributed by atoms with Gasteiger partial charge in [-0.2, -0.15) is 11.8 Å². The minimum atomic E-state index is -0.332. The maximum absolute atomic E-state index is 10.9. The van der Waals surface area contributed by atoms with E-state index in [1.54, 1.807) is 12.1 Å². The van der Waals surface area contributed by atoms with Crippen LogP contribution in [-0.2, 0) is 5.75 Å². The summed E-state index contributed by atoms with van der Waals surface area (Å²) in [7, 11) is 0. The van der Waals surface area contributed by atoms with Gasteiger partial charge in [0.1, 0.15) is 0 Å². The van der Waals surface area contributed by atoms with Crippen LogP contribution >= 0.6 is 11.8 Å². The van der Waals surface area contributed by atoms with E-state index in [-0.39, 0.29) is 10.6 Å². The molecule has 0 spiro atoms. The van der Waals surface area contributed by atoms with E-state index >= 15 is 0 Å². The summed E-state index contributed by atoms with van der Waals surface area (Å²) in [6, 6.07) is 5.07. The third-order valence-corrected chi connectivity index (χ3v) is 4.34. The number of nitro benzene ring substituents is 1. The van der Waals surface area contributed by atoms with Crippen molar-refractivity contribution in [1.82, 2.24) is 0 Å². The zero-order chi connectivity index (χ0) is 14.3. The first-order chi connectivity index (χ1) is 9.08. The summed E-state index contributed by atoms with van der Waals surface area (Å²) in [6.07, 6.45) is 2.15. The molecule has 0 saturated carbocycles. The average molecular weight is 282 g/mol. The number of nitrogens with one attached hydrogen (secondary N) is 1. The lowest BCUT2D eigenvalue weighted by atomic mass is 10.1. The first-order valence-corrected chi connectivity index (χ1v) is 7.76. The van der Waals surface area contributed by atoms with E-state index in [0.29, 0.717) is 5.25 Å². The van der Waals surface area contributed by atoms with Crippen molar-refractivity contribution in [2.75, 3.05) is 11.9 Å². The highest BCUT2D eigenvalue weighted by molar-refractivity contribution is 7.99. The number of nitro groups is 1. The second-order valence-corrected chi connectivity index (χ2v) is 5.98. The molecule has 1 N–H and O–H groups in total. The van der Waals surface area contributed by atoms with Gasteiger partial charge in [-0.1, -0.05) is 20.8 Å². The Kier molecular flexibility index (Phi) is 6.70. The highest BCUT2D eigenvalue weighted by Crippen LogP contribution is 2.28. The minimum absolute atomic E-state index is 0.168. The van der Waals surface area contributed by atoms with Gasteiger partial charge in [0.15, 0.2) is 0 Å². The van der Waals surface area contributed by atoms with Gasteiger partial charge in [0.05, 0.1) is 4.92 Å². The second kappa shape index (κ2) is 8.04. The van der Waals surface area contributed by atoms with Crippen LogP contribution in [0.1, 0.15) is 39.2 Å². The monoisotopic (exact) mass is 282 g/mol. The topological polar surface area (TPSA) is 55.2 Å². The zero-order valence-electron chi connectivity index (χ0n) is 11.8. The Morgan fingerprint density at radius 1 is 1.42 bits per heavy atom. The maximum Gasteiger partial charge on any atom is 0.269 e. The number of anilines is 1. The number of non-ortho nitro benzene ring substituents is 1. The molecule has 1 atom stereocenters. The number of hydrogen-bond donors (Lipinski definition) is 1. The van der Waals surface area contributed by atoms with E-state index in [1.807, 2.05) is 17.8 Å². The van der Waals surface area contributed by atoms with Gasteiger partial charge in [-0.25, -0.2) is 0 Å². The molecular weight excluding hydrogens is 260 g/mol. The van der Waals surface area contributed by atoms with Crippen LogP contribution in [0.3, 0.4) is 0 Å². The first-order valence-electron chi connectivity index (χ1n) is 6.71. The largest absolute Gasteiger partial charge is 0.385 e. The van der Waals surface area contributed by atoms with Gasteiger partial charge >= 0.3 is 0 Å². The summed E-state index contributed by atoms with van der Waals surface area (Å²) in [6.45, 7) is 7.33. The smallest absolute Gasteiger partial charge is 0.269 e. The molecule has 0 saturated heterocycles. The van der Waals surface area contributed by atoms with Gasteiger partial charge in [0.2, 0.25) is 0 Å². The van der Waals surface area contributed by atoms with Crippen LogP contribution in [0.5, 0.6) is 0 Å². The number of hydrogen-bond acceptors (Lipinski definition) is 4. The highest BCUT2D eigenvalue weighted by atomic mass is 32.2. The van der Waals surface area contributed by atoms with Gasteiger partial charge in [0.25, 0.3) is 5.69 Å². The van der Waals surface area contributed by atoms with Crippen LogP contribution < -0.4 is 5.32 Å². The molecule has 1 aromatic carbocycles. The number of rotatable bonds is 8. The molecule has 1 aromatic rings. The fraction of sp³-hybridized carbons (Fsp3) is 0.571. The lowest BCUT2D eigenvalue weighted by Crippen LogP contribution is -2.04. The number of benzene rings is 1. The quantitative estimate of drug-likeness (QED) is 0.565. The Morgan fingerprint density at radius 3 is 2.74 bits per heavy atom. The molecule has 106 valence electrons. The van der Waals surface area contributed by atoms with Crippen molar-refractivity contribution in [3.63, 3.8) is 0 Å². The van der Waals surface area contributed by atoms with E-state index in [4.69, 9.17) is 0 Å². The van der Waals surface area contributed by atoms with Gasteiger partial charge < -0.3 is 5.32 Å². The van der Waals surface area contributed by atoms with Crippen molar-refractivity contribution in [3.05, 3.63) is 33.9 Å². The van der Waals surface area contributed by atoms with Crippen molar-refractivity contribution in [3.8, 4) is 0 Å². The molecule has 4 nitrogen and oxygen atoms in total. The third kappa shape index (κ3) is 5.11. The molecule has 0 aromatic heterocycles. The molecule has 1 unspecified atom stereocenters. The van der Waals surface area contributed by atoms with Crippen LogP contribution in [0.15, 0.2) is 18.2 Å². The summed E-state index contributed by atoms with van der Waals surface area (Å²) in [5.41, 5.74) is 2.21. The van der Waals surface area contributed by atoms with Gasteiger partial charge in [-0.3, -0.25) is 10.1 Å². The Bertz CT molecular complexity index is 424. The van der Waals surface area contributed by atoms with E-state index in [0.717, 1.165) is 36.4 Å². The SMILES string of the molecule is CCCNc1ccc([N+](=O)[O-])cc1CSC(C)CC. The van der Waals surface area contributed by atoms with Crippen molar-refractivity contribution in [1.29, 1.82) is 0 Å². The van der Waals surface area contributed by atoms with Crippen LogP contribution in [0, 0.1) is 10.1 Å². The Labute approximate surface area is 119 Å². The highest BCUT2D eigenvalue weighted by Gasteiger charge is 2.11. The normalized spacial score (nSPS) is 12.2. The van der Waals surface area contributed by atoms with Crippen molar-refractivity contribution >= 4 is 23.1 Å². The molecular formula is C14H22N2O2S. The van der Waals surface area contributed by atoms with E-state index < -0.39 is 0 Å². The van der Waals surface area contributed by atoms with Crippen LogP contribution in [0.25, 0.3) is 0 Å². The lowest BCUT2D eigenvalue weighted by molar-refractivity contribution is -0.384. The van der Waals surface area contributed by atoms with Crippen molar-refractivity contribution in [2.45, 2.75) is 44.6 Å². The fourth-order valence-electron chi connectivity index (χ4n) is 1.60. The standard InChI is InChI=1S/C14H22N2O2S/c1-4-8-15-14-7-6-13(16(17)18)9-12(14)10-19-11(3)5-2/h6-7,9,11,15H,4-5,8,10H2,1-3H3. The molecule has 0 heterocycles. The molecule has 0 fully saturated rings. The molecule has 1 rings (SSSR count). The summed E-state index contributed by atoms with van der Waals surface area (Å²) in [4.78, 5) is 10.5. The fourth-order valence-corrected chi connectivity index (χ4v) is 2.53. The van der Waals surface area contributed by atoms with E-state index in [9.17, 15) is 10.1 Å². The summed E-state index contributed by atoms with van der Waals surface area (Å²) in [5.74, 6) is 0.808. The summed E-state index contributed by atoms with van der Waals surface area (Å²) < 4.78 is 0. The minimum Gasteiger partial charge on any atom is -0.385 e. The molecule has 0 aliphatic carbocycles. The molecule has 0 amide bonds. The lowest BCUT2D eigenvalue weighted by Gasteiger charge is -2.13. The van der Waals surface area contributed by atoms with Crippen molar-refractivity contribution < 1.29 is 4.92 Å². The van der Waals surface area contributed by atoms with E-state index in [2.05, 4.69) is 26.1 Å². The van der Waals surface area contributed by atoms with Crippen LogP contribution in [0.2, 0.25) is 0 Å². The predicted octanol–water partition coefficient (Wildman–Crippen LogP) is 4.45. The first kappa shape index (κ1) is 15.8. The summed E-state index contributed by atoms with van der Waals surface area (Å²) in [5, 5.41) is 14.8. The molecule has 0 aliphatic heterocycles. The van der Waals surface area contributed by atoms with Crippen LogP contribution in [0.4, 0.5) is 11.4 Å². The number of nitrogens with zero attached hydrogens (tertiary/aromatic N) is 1. The Hall–Kier alpha value is -1.23. The second-order valence-electron chi connectivity index (χ2n) is 4.56. The maximum atomic E-state index is 10.9. The zero-order valence-corrected chi connectivity index (χ0v) is 12.6. The molecule has 0 aliphatic rings. The predicted molar refractivity (Wildman–Crippen MR) is 82.9 cm³/mol. The Morgan fingerprint density at radius 2 is 2.16 bits per heavy atom. The Balaban J connectivity index is 2.86. The molecule has 0 radical (unpaired) electrons. The van der Waals surface area contributed by atoms with Gasteiger partial charge in [-0.05, 0) is 24.5 Å². The van der Waals surface area contributed by atoms with Gasteiger partial charge in [-0.15, -0.1) is 0 Å². The third-order valence-electron chi connectivity index (χ3n) is 2.96. The number of thioether (sulfide) groups is 1. The molecule has 19 heavy (non-hydrogen) atoms. The van der Waals surface area contributed by atoms with E-state index in [1.165, 1.54) is 0 Å². The summed E-state index contributed by atoms with van der Waals surface area (Å²) >= 11 is 1.83. The molecule has 0 bridgehead atoms. The average Bonchev–Trinajstić information content (AvgIpc) is 2.42. The van der Waals surface area contributed by atoms with Gasteiger partial charge in [0, 0.05) is 35.4 Å². The van der Waals surface area contributed by atoms with Crippen LogP contribution in [-0.4, -0.2) is 16.7 Å².